The lowest BCUT2D eigenvalue weighted by molar-refractivity contribution is -0.114. The number of carbonyl (C=O) groups excluding carboxylic acids is 1. The second kappa shape index (κ2) is 11.6. The fourth-order valence-electron chi connectivity index (χ4n) is 3.37. The molecule has 0 spiro atoms. The van der Waals surface area contributed by atoms with Crippen LogP contribution in [0.5, 0.6) is 11.5 Å². The van der Waals surface area contributed by atoms with Gasteiger partial charge >= 0.3 is 0 Å². The number of ether oxygens (including phenoxy) is 2. The third-order valence-corrected chi connectivity index (χ3v) is 4.81. The molecule has 1 heterocycles. The minimum atomic E-state index is -0.204. The molecule has 1 aromatic carbocycles. The molecule has 2 rings (SSSR count). The largest absolute Gasteiger partial charge is 0.485 e. The van der Waals surface area contributed by atoms with Crippen LogP contribution in [0, 0.1) is 0 Å². The van der Waals surface area contributed by atoms with Crippen molar-refractivity contribution in [2.75, 3.05) is 11.9 Å². The Morgan fingerprint density at radius 3 is 2.48 bits per heavy atom. The van der Waals surface area contributed by atoms with Crippen molar-refractivity contribution in [1.29, 1.82) is 0 Å². The van der Waals surface area contributed by atoms with Gasteiger partial charge in [0.05, 0.1) is 11.6 Å². The molecular formula is C25H36N2O4. The number of carbonyl (C=O) groups is 1. The predicted molar refractivity (Wildman–Crippen MR) is 127 cm³/mol. The molecule has 2 aromatic rings. The van der Waals surface area contributed by atoms with Crippen molar-refractivity contribution in [1.82, 2.24) is 4.57 Å². The van der Waals surface area contributed by atoms with Gasteiger partial charge in [0, 0.05) is 24.5 Å². The lowest BCUT2D eigenvalue weighted by Gasteiger charge is -2.20. The first kappa shape index (κ1) is 24.5. The third kappa shape index (κ3) is 6.88. The Labute approximate surface area is 185 Å². The monoisotopic (exact) mass is 428 g/mol. The highest BCUT2D eigenvalue weighted by Gasteiger charge is 2.21. The smallest absolute Gasteiger partial charge is 0.297 e. The maximum absolute atomic E-state index is 13.5. The van der Waals surface area contributed by atoms with Crippen molar-refractivity contribution < 1.29 is 14.3 Å². The maximum Gasteiger partial charge on any atom is 0.297 e. The Bertz CT molecular complexity index is 985. The summed E-state index contributed by atoms with van der Waals surface area (Å²) < 4.78 is 13.8. The van der Waals surface area contributed by atoms with Crippen LogP contribution in [-0.2, 0) is 11.3 Å². The van der Waals surface area contributed by atoms with Crippen LogP contribution in [0.1, 0.15) is 67.2 Å². The number of unbranched alkanes of at least 4 members (excludes halogenated alkanes) is 3. The summed E-state index contributed by atoms with van der Waals surface area (Å²) in [5, 5.41) is 3.60. The van der Waals surface area contributed by atoms with Gasteiger partial charge in [-0.25, -0.2) is 0 Å². The van der Waals surface area contributed by atoms with Gasteiger partial charge in [-0.2, -0.15) is 0 Å². The van der Waals surface area contributed by atoms with Crippen molar-refractivity contribution in [2.24, 2.45) is 0 Å². The highest BCUT2D eigenvalue weighted by molar-refractivity contribution is 5.94. The van der Waals surface area contributed by atoms with E-state index in [-0.39, 0.29) is 23.3 Å². The molecule has 0 radical (unpaired) electrons. The molecule has 0 saturated carbocycles. The molecular weight excluding hydrogens is 392 g/mol. The number of fused-ring (bicyclic) bond motifs is 1. The van der Waals surface area contributed by atoms with E-state index in [0.717, 1.165) is 42.2 Å². The standard InChI is InChI=1S/C25H36N2O4/c1-7-8-9-10-14-27-22-16-20(26-19(6)28)11-12-21(22)23(30-15-13-17(2)3)24(25(27)29)31-18(4)5/h11-13,16,18H,7-10,14-15H2,1-6H3,(H,26,28). The molecule has 6 nitrogen and oxygen atoms in total. The van der Waals surface area contributed by atoms with E-state index < -0.39 is 0 Å². The SMILES string of the molecule is CCCCCCn1c(=O)c(OC(C)C)c(OCC=C(C)C)c2ccc(NC(C)=O)cc21. The Balaban J connectivity index is 2.68. The van der Waals surface area contributed by atoms with Gasteiger partial charge in [-0.05, 0) is 58.4 Å². The summed E-state index contributed by atoms with van der Waals surface area (Å²) in [6.45, 7) is 12.4. The molecule has 0 saturated heterocycles. The average molecular weight is 429 g/mol. The number of rotatable bonds is 11. The topological polar surface area (TPSA) is 69.6 Å². The summed E-state index contributed by atoms with van der Waals surface area (Å²) in [5.41, 5.74) is 2.31. The number of aromatic nitrogens is 1. The minimum absolute atomic E-state index is 0.156. The van der Waals surface area contributed by atoms with E-state index in [1.807, 2.05) is 52.0 Å². The van der Waals surface area contributed by atoms with Crippen molar-refractivity contribution in [3.8, 4) is 11.5 Å². The van der Waals surface area contributed by atoms with Gasteiger partial charge in [0.1, 0.15) is 6.61 Å². The van der Waals surface area contributed by atoms with Crippen LogP contribution in [0.2, 0.25) is 0 Å². The van der Waals surface area contributed by atoms with E-state index in [1.165, 1.54) is 6.92 Å². The number of nitrogens with one attached hydrogen (secondary N) is 1. The zero-order valence-electron chi connectivity index (χ0n) is 19.7. The van der Waals surface area contributed by atoms with Crippen LogP contribution >= 0.6 is 0 Å². The molecule has 1 aromatic heterocycles. The Hall–Kier alpha value is -2.76. The molecule has 0 unspecified atom stereocenters. The zero-order chi connectivity index (χ0) is 23.0. The van der Waals surface area contributed by atoms with Crippen molar-refractivity contribution >= 4 is 22.5 Å². The quantitative estimate of drug-likeness (QED) is 0.370. The zero-order valence-corrected chi connectivity index (χ0v) is 19.7. The van der Waals surface area contributed by atoms with Gasteiger partial charge in [-0.3, -0.25) is 9.59 Å². The Kier molecular flexibility index (Phi) is 9.16. The van der Waals surface area contributed by atoms with Crippen LogP contribution in [-0.4, -0.2) is 23.2 Å². The fourth-order valence-corrected chi connectivity index (χ4v) is 3.37. The van der Waals surface area contributed by atoms with Gasteiger partial charge in [-0.1, -0.05) is 31.8 Å². The van der Waals surface area contributed by atoms with Crippen LogP contribution in [0.25, 0.3) is 10.9 Å². The van der Waals surface area contributed by atoms with Gasteiger partial charge in [-0.15, -0.1) is 0 Å². The minimum Gasteiger partial charge on any atom is -0.485 e. The van der Waals surface area contributed by atoms with E-state index in [1.54, 1.807) is 4.57 Å². The van der Waals surface area contributed by atoms with Gasteiger partial charge in [0.25, 0.3) is 5.56 Å². The molecule has 0 aliphatic carbocycles. The Morgan fingerprint density at radius 1 is 1.13 bits per heavy atom. The van der Waals surface area contributed by atoms with Crippen molar-refractivity contribution in [2.45, 2.75) is 79.9 Å². The number of hydrogen-bond acceptors (Lipinski definition) is 4. The number of allylic oxidation sites excluding steroid dienone is 1. The third-order valence-electron chi connectivity index (χ3n) is 4.81. The van der Waals surface area contributed by atoms with E-state index >= 15 is 0 Å². The van der Waals surface area contributed by atoms with Crippen LogP contribution in [0.4, 0.5) is 5.69 Å². The van der Waals surface area contributed by atoms with E-state index in [0.29, 0.717) is 24.6 Å². The van der Waals surface area contributed by atoms with Crippen molar-refractivity contribution in [3.63, 3.8) is 0 Å². The summed E-state index contributed by atoms with van der Waals surface area (Å²) in [5.74, 6) is 0.536. The molecule has 1 amide bonds. The molecule has 6 heteroatoms. The predicted octanol–water partition coefficient (Wildman–Crippen LogP) is 5.67. The van der Waals surface area contributed by atoms with E-state index in [4.69, 9.17) is 9.47 Å². The molecule has 31 heavy (non-hydrogen) atoms. The lowest BCUT2D eigenvalue weighted by Crippen LogP contribution is -2.26. The van der Waals surface area contributed by atoms with E-state index in [2.05, 4.69) is 12.2 Å². The summed E-state index contributed by atoms with van der Waals surface area (Å²) in [7, 11) is 0. The number of aryl methyl sites for hydroxylation is 1. The number of anilines is 1. The van der Waals surface area contributed by atoms with Crippen LogP contribution < -0.4 is 20.3 Å². The second-order valence-electron chi connectivity index (χ2n) is 8.35. The summed E-state index contributed by atoms with van der Waals surface area (Å²) in [6.07, 6.45) is 6.00. The highest BCUT2D eigenvalue weighted by Crippen LogP contribution is 2.35. The van der Waals surface area contributed by atoms with Crippen LogP contribution in [0.15, 0.2) is 34.6 Å². The number of benzene rings is 1. The first-order valence-corrected chi connectivity index (χ1v) is 11.2. The number of pyridine rings is 1. The number of amides is 1. The maximum atomic E-state index is 13.5. The molecule has 0 aliphatic heterocycles. The molecule has 0 atom stereocenters. The van der Waals surface area contributed by atoms with Gasteiger partial charge in [0.2, 0.25) is 11.7 Å². The van der Waals surface area contributed by atoms with Gasteiger partial charge in [0.15, 0.2) is 5.75 Å². The highest BCUT2D eigenvalue weighted by atomic mass is 16.5. The lowest BCUT2D eigenvalue weighted by atomic mass is 10.1. The molecule has 0 bridgehead atoms. The summed E-state index contributed by atoms with van der Waals surface area (Å²) in [4.78, 5) is 25.1. The molecule has 0 aliphatic rings. The molecule has 1 N–H and O–H groups in total. The summed E-state index contributed by atoms with van der Waals surface area (Å²) >= 11 is 0. The molecule has 170 valence electrons. The summed E-state index contributed by atoms with van der Waals surface area (Å²) in [6, 6.07) is 5.54. The van der Waals surface area contributed by atoms with Gasteiger partial charge < -0.3 is 19.4 Å². The normalized spacial score (nSPS) is 10.9. The fraction of sp³-hybridized carbons (Fsp3) is 0.520. The Morgan fingerprint density at radius 2 is 1.87 bits per heavy atom. The number of hydrogen-bond donors (Lipinski definition) is 1. The van der Waals surface area contributed by atoms with Crippen LogP contribution in [0.3, 0.4) is 0 Å². The number of nitrogens with zero attached hydrogens (tertiary/aromatic N) is 1. The first-order chi connectivity index (χ1) is 14.7. The second-order valence-corrected chi connectivity index (χ2v) is 8.35. The van der Waals surface area contributed by atoms with E-state index in [9.17, 15) is 9.59 Å². The first-order valence-electron chi connectivity index (χ1n) is 11.2. The van der Waals surface area contributed by atoms with Crippen molar-refractivity contribution in [3.05, 3.63) is 40.2 Å². The average Bonchev–Trinajstić information content (AvgIpc) is 2.68. The molecule has 0 fully saturated rings.